The van der Waals surface area contributed by atoms with Crippen molar-refractivity contribution in [3.05, 3.63) is 46.6 Å². The van der Waals surface area contributed by atoms with Gasteiger partial charge in [0.25, 0.3) is 0 Å². The van der Waals surface area contributed by atoms with Gasteiger partial charge in [0.15, 0.2) is 0 Å². The molecule has 0 bridgehead atoms. The molecule has 0 saturated carbocycles. The van der Waals surface area contributed by atoms with Crippen LogP contribution in [-0.2, 0) is 11.3 Å². The minimum absolute atomic E-state index is 0.0680. The molecule has 1 atom stereocenters. The molecule has 2 aromatic rings. The lowest BCUT2D eigenvalue weighted by molar-refractivity contribution is -0.133. The van der Waals surface area contributed by atoms with E-state index in [0.29, 0.717) is 11.7 Å². The van der Waals surface area contributed by atoms with Crippen LogP contribution in [0.4, 0.5) is 5.82 Å². The summed E-state index contributed by atoms with van der Waals surface area (Å²) in [6.45, 7) is 3.60. The number of nitrogen functional groups attached to an aromatic ring is 1. The van der Waals surface area contributed by atoms with Gasteiger partial charge in [-0.15, -0.1) is 0 Å². The highest BCUT2D eigenvalue weighted by molar-refractivity contribution is 6.30. The van der Waals surface area contributed by atoms with Crippen LogP contribution in [0.2, 0.25) is 5.02 Å². The number of nitrogens with two attached hydrogens (primary N) is 1. The number of piperidine rings is 1. The minimum atomic E-state index is 0.0680. The number of aryl methyl sites for hydroxylation is 1. The summed E-state index contributed by atoms with van der Waals surface area (Å²) in [5.41, 5.74) is 7.93. The third kappa shape index (κ3) is 3.67. The minimum Gasteiger partial charge on any atom is -0.384 e. The van der Waals surface area contributed by atoms with Crippen LogP contribution in [0, 0.1) is 6.92 Å². The third-order valence-corrected chi connectivity index (χ3v) is 4.59. The third-order valence-electron chi connectivity index (χ3n) is 4.33. The molecule has 1 aliphatic rings. The van der Waals surface area contributed by atoms with Crippen LogP contribution < -0.4 is 5.73 Å². The Labute approximate surface area is 141 Å². The van der Waals surface area contributed by atoms with Crippen LogP contribution in [0.25, 0.3) is 0 Å². The molecule has 5 nitrogen and oxygen atoms in total. The Morgan fingerprint density at radius 2 is 2.13 bits per heavy atom. The Morgan fingerprint density at radius 3 is 2.78 bits per heavy atom. The first-order valence-corrected chi connectivity index (χ1v) is 8.24. The van der Waals surface area contributed by atoms with Gasteiger partial charge >= 0.3 is 0 Å². The Balaban J connectivity index is 1.67. The number of carbonyl (C=O) groups excluding carboxylic acids is 1. The number of carbonyl (C=O) groups is 1. The van der Waals surface area contributed by atoms with Crippen molar-refractivity contribution in [1.29, 1.82) is 0 Å². The number of aromatic nitrogens is 2. The van der Waals surface area contributed by atoms with Gasteiger partial charge in [-0.25, -0.2) is 4.68 Å². The van der Waals surface area contributed by atoms with E-state index < -0.39 is 0 Å². The maximum absolute atomic E-state index is 12.5. The predicted molar refractivity (Wildman–Crippen MR) is 91.4 cm³/mol. The van der Waals surface area contributed by atoms with Crippen molar-refractivity contribution >= 4 is 23.3 Å². The van der Waals surface area contributed by atoms with Crippen molar-refractivity contribution in [2.75, 3.05) is 18.8 Å². The van der Waals surface area contributed by atoms with Gasteiger partial charge in [-0.05, 0) is 37.5 Å². The normalized spacial score (nSPS) is 18.2. The number of hydrogen-bond acceptors (Lipinski definition) is 3. The SMILES string of the molecule is Cc1cc(N)n(CC(=O)N2CCC[C@H](c3ccc(Cl)cc3)C2)n1. The molecule has 0 radical (unpaired) electrons. The number of hydrogen-bond donors (Lipinski definition) is 1. The van der Waals surface area contributed by atoms with Gasteiger partial charge in [0.1, 0.15) is 12.4 Å². The standard InChI is InChI=1S/C17H21ClN4O/c1-12-9-16(19)22(20-12)11-17(23)21-8-2-3-14(10-21)13-4-6-15(18)7-5-13/h4-7,9,14H,2-3,8,10-11,19H2,1H3/t14-/m0/s1. The van der Waals surface area contributed by atoms with Crippen LogP contribution >= 0.6 is 11.6 Å². The second-order valence-corrected chi connectivity index (χ2v) is 6.54. The zero-order chi connectivity index (χ0) is 16.4. The second-order valence-electron chi connectivity index (χ2n) is 6.10. The van der Waals surface area contributed by atoms with Gasteiger partial charge in [0.05, 0.1) is 5.69 Å². The summed E-state index contributed by atoms with van der Waals surface area (Å²) in [6.07, 6.45) is 2.10. The molecule has 0 spiro atoms. The van der Waals surface area contributed by atoms with Gasteiger partial charge in [0, 0.05) is 30.1 Å². The molecule has 0 aliphatic carbocycles. The molecule has 2 N–H and O–H groups in total. The maximum Gasteiger partial charge on any atom is 0.244 e. The van der Waals surface area contributed by atoms with Gasteiger partial charge < -0.3 is 10.6 Å². The molecule has 1 amide bonds. The molecular weight excluding hydrogens is 312 g/mol. The van der Waals surface area contributed by atoms with E-state index >= 15 is 0 Å². The second kappa shape index (κ2) is 6.62. The van der Waals surface area contributed by atoms with E-state index in [1.54, 1.807) is 10.7 Å². The lowest BCUT2D eigenvalue weighted by Gasteiger charge is -2.33. The van der Waals surface area contributed by atoms with Gasteiger partial charge in [-0.1, -0.05) is 23.7 Å². The van der Waals surface area contributed by atoms with Crippen LogP contribution in [0.1, 0.15) is 30.0 Å². The van der Waals surface area contributed by atoms with Crippen molar-refractivity contribution < 1.29 is 4.79 Å². The number of amides is 1. The van der Waals surface area contributed by atoms with Gasteiger partial charge in [0.2, 0.25) is 5.91 Å². The van der Waals surface area contributed by atoms with Crippen molar-refractivity contribution in [3.8, 4) is 0 Å². The molecule has 6 heteroatoms. The molecule has 1 aromatic carbocycles. The number of halogens is 1. The van der Waals surface area contributed by atoms with Crippen LogP contribution in [0.3, 0.4) is 0 Å². The lowest BCUT2D eigenvalue weighted by atomic mass is 9.90. The molecule has 3 rings (SSSR count). The molecule has 1 aliphatic heterocycles. The maximum atomic E-state index is 12.5. The number of anilines is 1. The van der Waals surface area contributed by atoms with E-state index in [-0.39, 0.29) is 12.5 Å². The van der Waals surface area contributed by atoms with E-state index in [2.05, 4.69) is 17.2 Å². The largest absolute Gasteiger partial charge is 0.384 e. The highest BCUT2D eigenvalue weighted by atomic mass is 35.5. The molecule has 1 fully saturated rings. The highest BCUT2D eigenvalue weighted by Crippen LogP contribution is 2.28. The summed E-state index contributed by atoms with van der Waals surface area (Å²) in [6, 6.07) is 9.70. The fourth-order valence-corrected chi connectivity index (χ4v) is 3.26. The fraction of sp³-hybridized carbons (Fsp3) is 0.412. The monoisotopic (exact) mass is 332 g/mol. The zero-order valence-electron chi connectivity index (χ0n) is 13.2. The number of benzene rings is 1. The first-order chi connectivity index (χ1) is 11.0. The van der Waals surface area contributed by atoms with Gasteiger partial charge in [-0.3, -0.25) is 4.79 Å². The smallest absolute Gasteiger partial charge is 0.244 e. The Hall–Kier alpha value is -2.01. The van der Waals surface area contributed by atoms with E-state index in [1.807, 2.05) is 24.0 Å². The van der Waals surface area contributed by atoms with Crippen molar-refractivity contribution in [3.63, 3.8) is 0 Å². The lowest BCUT2D eigenvalue weighted by Crippen LogP contribution is -2.41. The Kier molecular flexibility index (Phi) is 4.57. The van der Waals surface area contributed by atoms with E-state index in [9.17, 15) is 4.79 Å². The molecule has 23 heavy (non-hydrogen) atoms. The van der Waals surface area contributed by atoms with Crippen LogP contribution in [0.5, 0.6) is 0 Å². The molecule has 1 saturated heterocycles. The van der Waals surface area contributed by atoms with E-state index in [4.69, 9.17) is 17.3 Å². The summed E-state index contributed by atoms with van der Waals surface area (Å²) in [5, 5.41) is 5.00. The molecule has 0 unspecified atom stereocenters. The summed E-state index contributed by atoms with van der Waals surface area (Å²) in [5.74, 6) is 0.960. The molecule has 1 aromatic heterocycles. The van der Waals surface area contributed by atoms with Crippen molar-refractivity contribution in [2.45, 2.75) is 32.2 Å². The van der Waals surface area contributed by atoms with E-state index in [1.165, 1.54) is 5.56 Å². The number of nitrogens with zero attached hydrogens (tertiary/aromatic N) is 3. The average molecular weight is 333 g/mol. The summed E-state index contributed by atoms with van der Waals surface area (Å²) in [7, 11) is 0. The predicted octanol–water partition coefficient (Wildman–Crippen LogP) is 2.83. The average Bonchev–Trinajstić information content (AvgIpc) is 2.85. The van der Waals surface area contributed by atoms with Crippen molar-refractivity contribution in [2.24, 2.45) is 0 Å². The Morgan fingerprint density at radius 1 is 1.39 bits per heavy atom. The van der Waals surface area contributed by atoms with Gasteiger partial charge in [-0.2, -0.15) is 5.10 Å². The Bertz CT molecular complexity index is 695. The zero-order valence-corrected chi connectivity index (χ0v) is 14.0. The summed E-state index contributed by atoms with van der Waals surface area (Å²) >= 11 is 5.95. The van der Waals surface area contributed by atoms with Crippen LogP contribution in [0.15, 0.2) is 30.3 Å². The van der Waals surface area contributed by atoms with Crippen molar-refractivity contribution in [1.82, 2.24) is 14.7 Å². The van der Waals surface area contributed by atoms with E-state index in [0.717, 1.165) is 36.6 Å². The summed E-state index contributed by atoms with van der Waals surface area (Å²) < 4.78 is 1.57. The molecule has 122 valence electrons. The first kappa shape index (κ1) is 15.9. The quantitative estimate of drug-likeness (QED) is 0.940. The fourth-order valence-electron chi connectivity index (χ4n) is 3.13. The highest BCUT2D eigenvalue weighted by Gasteiger charge is 2.25. The number of likely N-dealkylation sites (tertiary alicyclic amines) is 1. The van der Waals surface area contributed by atoms with Crippen LogP contribution in [-0.4, -0.2) is 33.7 Å². The molecule has 2 heterocycles. The number of rotatable bonds is 3. The topological polar surface area (TPSA) is 64.2 Å². The first-order valence-electron chi connectivity index (χ1n) is 7.86. The molecular formula is C17H21ClN4O. The summed E-state index contributed by atoms with van der Waals surface area (Å²) in [4.78, 5) is 14.5.